The molecule has 1 saturated heterocycles. The molecular formula is C18H36N2O. The van der Waals surface area contributed by atoms with Gasteiger partial charge in [-0.25, -0.2) is 0 Å². The molecule has 0 spiro atoms. The molecule has 1 saturated carbocycles. The van der Waals surface area contributed by atoms with E-state index in [1.54, 1.807) is 0 Å². The molecule has 2 unspecified atom stereocenters. The molecule has 2 atom stereocenters. The molecule has 1 heterocycles. The smallest absolute Gasteiger partial charge is 0.0730 e. The van der Waals surface area contributed by atoms with Crippen molar-refractivity contribution in [2.75, 3.05) is 26.2 Å². The summed E-state index contributed by atoms with van der Waals surface area (Å²) < 4.78 is 5.97. The van der Waals surface area contributed by atoms with Crippen LogP contribution in [0.3, 0.4) is 0 Å². The van der Waals surface area contributed by atoms with Crippen molar-refractivity contribution < 1.29 is 4.74 Å². The summed E-state index contributed by atoms with van der Waals surface area (Å²) in [6.45, 7) is 15.9. The first kappa shape index (κ1) is 17.2. The molecule has 0 bridgehead atoms. The Labute approximate surface area is 131 Å². The first-order chi connectivity index (χ1) is 9.89. The molecule has 21 heavy (non-hydrogen) atoms. The normalized spacial score (nSPS) is 27.9. The Morgan fingerprint density at radius 2 is 1.86 bits per heavy atom. The van der Waals surface area contributed by atoms with Crippen molar-refractivity contribution in [1.82, 2.24) is 10.2 Å². The molecule has 3 heteroatoms. The van der Waals surface area contributed by atoms with Gasteiger partial charge in [-0.05, 0) is 58.3 Å². The average molecular weight is 296 g/mol. The number of ether oxygens (including phenoxy) is 1. The topological polar surface area (TPSA) is 24.5 Å². The monoisotopic (exact) mass is 296 g/mol. The van der Waals surface area contributed by atoms with Gasteiger partial charge in [-0.1, -0.05) is 13.8 Å². The number of hydrogen-bond acceptors (Lipinski definition) is 3. The summed E-state index contributed by atoms with van der Waals surface area (Å²) in [6.07, 6.45) is 6.97. The zero-order valence-corrected chi connectivity index (χ0v) is 14.9. The van der Waals surface area contributed by atoms with Crippen LogP contribution in [0.4, 0.5) is 0 Å². The number of nitrogens with one attached hydrogen (secondary N) is 1. The van der Waals surface area contributed by atoms with Crippen molar-refractivity contribution in [1.29, 1.82) is 0 Å². The second-order valence-corrected chi connectivity index (χ2v) is 8.19. The van der Waals surface area contributed by atoms with Crippen molar-refractivity contribution >= 4 is 0 Å². The van der Waals surface area contributed by atoms with Crippen LogP contribution in [0.1, 0.15) is 66.7 Å². The molecule has 2 rings (SSSR count). The van der Waals surface area contributed by atoms with E-state index in [9.17, 15) is 0 Å². The highest BCUT2D eigenvalue weighted by Crippen LogP contribution is 2.34. The molecule has 0 radical (unpaired) electrons. The lowest BCUT2D eigenvalue weighted by atomic mass is 9.80. The van der Waals surface area contributed by atoms with Gasteiger partial charge in [-0.2, -0.15) is 0 Å². The molecule has 2 fully saturated rings. The van der Waals surface area contributed by atoms with Crippen LogP contribution >= 0.6 is 0 Å². The SMILES string of the molecule is CCC(CC)(CNC(C)(C)C)CN1CCOC2CCCC21. The Morgan fingerprint density at radius 1 is 1.14 bits per heavy atom. The van der Waals surface area contributed by atoms with Crippen LogP contribution in [0.25, 0.3) is 0 Å². The maximum absolute atomic E-state index is 5.97. The molecule has 1 aliphatic heterocycles. The number of rotatable bonds is 6. The van der Waals surface area contributed by atoms with Gasteiger partial charge in [-0.15, -0.1) is 0 Å². The summed E-state index contributed by atoms with van der Waals surface area (Å²) in [5.74, 6) is 0. The second-order valence-electron chi connectivity index (χ2n) is 8.19. The molecule has 124 valence electrons. The van der Waals surface area contributed by atoms with Crippen molar-refractivity contribution in [2.24, 2.45) is 5.41 Å². The van der Waals surface area contributed by atoms with Crippen molar-refractivity contribution in [3.05, 3.63) is 0 Å². The summed E-state index contributed by atoms with van der Waals surface area (Å²) in [5.41, 5.74) is 0.605. The fraction of sp³-hybridized carbons (Fsp3) is 1.00. The molecule has 2 aliphatic rings. The zero-order valence-electron chi connectivity index (χ0n) is 14.9. The molecule has 0 aromatic carbocycles. The lowest BCUT2D eigenvalue weighted by Gasteiger charge is -2.45. The number of morpholine rings is 1. The van der Waals surface area contributed by atoms with Crippen molar-refractivity contribution in [3.8, 4) is 0 Å². The number of fused-ring (bicyclic) bond motifs is 1. The van der Waals surface area contributed by atoms with E-state index in [1.807, 2.05) is 0 Å². The molecule has 0 aromatic heterocycles. The lowest BCUT2D eigenvalue weighted by molar-refractivity contribution is -0.0699. The van der Waals surface area contributed by atoms with E-state index >= 15 is 0 Å². The van der Waals surface area contributed by atoms with Crippen LogP contribution in [-0.2, 0) is 4.74 Å². The minimum absolute atomic E-state index is 0.205. The van der Waals surface area contributed by atoms with E-state index in [2.05, 4.69) is 44.8 Å². The molecular weight excluding hydrogens is 260 g/mol. The van der Waals surface area contributed by atoms with Crippen molar-refractivity contribution in [3.63, 3.8) is 0 Å². The van der Waals surface area contributed by atoms with Crippen LogP contribution in [-0.4, -0.2) is 48.8 Å². The quantitative estimate of drug-likeness (QED) is 0.812. The van der Waals surface area contributed by atoms with Gasteiger partial charge >= 0.3 is 0 Å². The Kier molecular flexibility index (Phi) is 5.72. The summed E-state index contributed by atoms with van der Waals surface area (Å²) >= 11 is 0. The van der Waals surface area contributed by atoms with Crippen molar-refractivity contribution in [2.45, 2.75) is 84.4 Å². The minimum atomic E-state index is 0.205. The molecule has 0 amide bonds. The van der Waals surface area contributed by atoms with Gasteiger partial charge in [0.1, 0.15) is 0 Å². The fourth-order valence-electron chi connectivity index (χ4n) is 3.87. The Morgan fingerprint density at radius 3 is 2.48 bits per heavy atom. The van der Waals surface area contributed by atoms with Crippen LogP contribution in [0.15, 0.2) is 0 Å². The third-order valence-electron chi connectivity index (χ3n) is 5.63. The second kappa shape index (κ2) is 6.97. The van der Waals surface area contributed by atoms with Gasteiger partial charge in [0.2, 0.25) is 0 Å². The zero-order chi connectivity index (χ0) is 15.5. The maximum Gasteiger partial charge on any atom is 0.0730 e. The third kappa shape index (κ3) is 4.43. The highest BCUT2D eigenvalue weighted by Gasteiger charge is 2.39. The first-order valence-electron chi connectivity index (χ1n) is 9.00. The van der Waals surface area contributed by atoms with E-state index in [0.29, 0.717) is 17.6 Å². The van der Waals surface area contributed by atoms with Crippen LogP contribution in [0.5, 0.6) is 0 Å². The lowest BCUT2D eigenvalue weighted by Crippen LogP contribution is -2.55. The Balaban J connectivity index is 2.00. The van der Waals surface area contributed by atoms with Gasteiger partial charge in [0.25, 0.3) is 0 Å². The van der Waals surface area contributed by atoms with E-state index in [1.165, 1.54) is 38.6 Å². The van der Waals surface area contributed by atoms with Gasteiger partial charge in [-0.3, -0.25) is 4.90 Å². The van der Waals surface area contributed by atoms with Crippen LogP contribution in [0, 0.1) is 5.41 Å². The summed E-state index contributed by atoms with van der Waals surface area (Å²) in [5, 5.41) is 3.76. The van der Waals surface area contributed by atoms with Gasteiger partial charge in [0.05, 0.1) is 12.7 Å². The highest BCUT2D eigenvalue weighted by atomic mass is 16.5. The molecule has 0 aromatic rings. The van der Waals surface area contributed by atoms with Gasteiger partial charge in [0.15, 0.2) is 0 Å². The highest BCUT2D eigenvalue weighted by molar-refractivity contribution is 4.94. The molecule has 1 aliphatic carbocycles. The minimum Gasteiger partial charge on any atom is -0.375 e. The maximum atomic E-state index is 5.97. The Hall–Kier alpha value is -0.120. The summed E-state index contributed by atoms with van der Waals surface area (Å²) in [4.78, 5) is 2.75. The number of hydrogen-bond donors (Lipinski definition) is 1. The standard InChI is InChI=1S/C18H36N2O/c1-6-18(7-2,13-19-17(3,4)5)14-20-11-12-21-16-10-8-9-15(16)20/h15-16,19H,6-14H2,1-5H3. The molecule has 3 nitrogen and oxygen atoms in total. The first-order valence-corrected chi connectivity index (χ1v) is 9.00. The fourth-order valence-corrected chi connectivity index (χ4v) is 3.87. The van der Waals surface area contributed by atoms with E-state index < -0.39 is 0 Å². The predicted octanol–water partition coefficient (Wildman–Crippen LogP) is 3.43. The van der Waals surface area contributed by atoms with E-state index in [4.69, 9.17) is 4.74 Å². The summed E-state index contributed by atoms with van der Waals surface area (Å²) in [7, 11) is 0. The van der Waals surface area contributed by atoms with E-state index in [0.717, 1.165) is 19.7 Å². The Bertz CT molecular complexity index is 320. The predicted molar refractivity (Wildman–Crippen MR) is 89.7 cm³/mol. The van der Waals surface area contributed by atoms with Gasteiger partial charge < -0.3 is 10.1 Å². The van der Waals surface area contributed by atoms with Crippen LogP contribution < -0.4 is 5.32 Å². The average Bonchev–Trinajstić information content (AvgIpc) is 2.92. The third-order valence-corrected chi connectivity index (χ3v) is 5.63. The largest absolute Gasteiger partial charge is 0.375 e. The summed E-state index contributed by atoms with van der Waals surface area (Å²) in [6, 6.07) is 0.686. The molecule has 1 N–H and O–H groups in total. The number of nitrogens with zero attached hydrogens (tertiary/aromatic N) is 1. The van der Waals surface area contributed by atoms with Crippen LogP contribution in [0.2, 0.25) is 0 Å². The van der Waals surface area contributed by atoms with E-state index in [-0.39, 0.29) is 5.54 Å². The van der Waals surface area contributed by atoms with Gasteiger partial charge in [0, 0.05) is 31.2 Å².